The first-order valence-corrected chi connectivity index (χ1v) is 7.72. The fraction of sp³-hybridized carbons (Fsp3) is 0.600. The van der Waals surface area contributed by atoms with Gasteiger partial charge >= 0.3 is 0 Å². The van der Waals surface area contributed by atoms with Crippen molar-refractivity contribution in [3.8, 4) is 0 Å². The first kappa shape index (κ1) is 17.1. The van der Waals surface area contributed by atoms with E-state index in [0.717, 1.165) is 18.8 Å². The van der Waals surface area contributed by atoms with Crippen molar-refractivity contribution in [3.05, 3.63) is 6.20 Å². The van der Waals surface area contributed by atoms with Gasteiger partial charge in [-0.25, -0.2) is 15.0 Å². The number of hydrogen-bond acceptors (Lipinski definition) is 8. The number of rotatable bonds is 7. The Labute approximate surface area is 136 Å². The Balaban J connectivity index is 2.38. The molecule has 126 valence electrons. The van der Waals surface area contributed by atoms with E-state index in [1.807, 2.05) is 19.0 Å². The minimum Gasteiger partial charge on any atom is -0.389 e. The highest BCUT2D eigenvalue weighted by atomic mass is 16.3. The summed E-state index contributed by atoms with van der Waals surface area (Å²) in [4.78, 5) is 19.6. The molecule has 0 aliphatic rings. The Morgan fingerprint density at radius 1 is 1.13 bits per heavy atom. The van der Waals surface area contributed by atoms with E-state index >= 15 is 0 Å². The van der Waals surface area contributed by atoms with Crippen molar-refractivity contribution in [2.24, 2.45) is 0 Å². The number of nitrogens with zero attached hydrogens (tertiary/aromatic N) is 5. The van der Waals surface area contributed by atoms with Crippen molar-refractivity contribution in [2.45, 2.75) is 32.8 Å². The molecule has 0 saturated carbocycles. The summed E-state index contributed by atoms with van der Waals surface area (Å²) in [5, 5.41) is 16.0. The lowest BCUT2D eigenvalue weighted by Crippen LogP contribution is -2.30. The zero-order chi connectivity index (χ0) is 17.0. The average Bonchev–Trinajstić information content (AvgIpc) is 2.49. The van der Waals surface area contributed by atoms with Gasteiger partial charge < -0.3 is 20.6 Å². The third kappa shape index (κ3) is 4.62. The number of fused-ring (bicyclic) bond motifs is 1. The van der Waals surface area contributed by atoms with Gasteiger partial charge in [-0.3, -0.25) is 0 Å². The molecule has 8 nitrogen and oxygen atoms in total. The van der Waals surface area contributed by atoms with Crippen LogP contribution in [0.1, 0.15) is 27.2 Å². The molecule has 0 amide bonds. The molecule has 2 aromatic rings. The summed E-state index contributed by atoms with van der Waals surface area (Å²) in [6, 6.07) is 0. The molecule has 8 heteroatoms. The maximum absolute atomic E-state index is 9.79. The van der Waals surface area contributed by atoms with Crippen molar-refractivity contribution in [1.82, 2.24) is 19.9 Å². The predicted molar refractivity (Wildman–Crippen MR) is 93.0 cm³/mol. The fourth-order valence-electron chi connectivity index (χ4n) is 1.92. The molecule has 2 heterocycles. The van der Waals surface area contributed by atoms with Crippen LogP contribution in [0.25, 0.3) is 11.0 Å². The molecule has 23 heavy (non-hydrogen) atoms. The van der Waals surface area contributed by atoms with Crippen LogP contribution in [0.5, 0.6) is 0 Å². The van der Waals surface area contributed by atoms with Gasteiger partial charge in [0.05, 0.1) is 11.8 Å². The van der Waals surface area contributed by atoms with Crippen LogP contribution in [0.2, 0.25) is 0 Å². The Hall–Kier alpha value is -2.22. The molecule has 0 radical (unpaired) electrons. The summed E-state index contributed by atoms with van der Waals surface area (Å²) in [6.07, 6.45) is 2.66. The van der Waals surface area contributed by atoms with Crippen LogP contribution in [0, 0.1) is 0 Å². The molecule has 0 unspecified atom stereocenters. The lowest BCUT2D eigenvalue weighted by Gasteiger charge is -2.18. The van der Waals surface area contributed by atoms with Gasteiger partial charge in [0.15, 0.2) is 5.82 Å². The van der Waals surface area contributed by atoms with Gasteiger partial charge in [0.1, 0.15) is 11.0 Å². The molecule has 0 spiro atoms. The summed E-state index contributed by atoms with van der Waals surface area (Å²) in [5.74, 6) is 1.74. The highest BCUT2D eigenvalue weighted by Crippen LogP contribution is 2.22. The van der Waals surface area contributed by atoms with Crippen molar-refractivity contribution >= 4 is 28.7 Å². The van der Waals surface area contributed by atoms with Crippen LogP contribution >= 0.6 is 0 Å². The van der Waals surface area contributed by atoms with Crippen LogP contribution in [0.15, 0.2) is 6.20 Å². The van der Waals surface area contributed by atoms with Crippen molar-refractivity contribution < 1.29 is 5.11 Å². The number of aromatic nitrogens is 4. The molecular formula is C15H25N7O. The normalized spacial score (nSPS) is 11.6. The van der Waals surface area contributed by atoms with Gasteiger partial charge in [-0.1, -0.05) is 6.92 Å². The van der Waals surface area contributed by atoms with Crippen LogP contribution in [-0.4, -0.2) is 57.8 Å². The summed E-state index contributed by atoms with van der Waals surface area (Å²) in [7, 11) is 3.83. The first-order valence-electron chi connectivity index (χ1n) is 7.72. The van der Waals surface area contributed by atoms with E-state index < -0.39 is 5.60 Å². The van der Waals surface area contributed by atoms with Crippen LogP contribution in [0.4, 0.5) is 17.7 Å². The second-order valence-electron chi connectivity index (χ2n) is 6.29. The number of aliphatic hydroxyl groups is 1. The van der Waals surface area contributed by atoms with E-state index in [0.29, 0.717) is 29.5 Å². The highest BCUT2D eigenvalue weighted by Gasteiger charge is 2.15. The quantitative estimate of drug-likeness (QED) is 0.706. The summed E-state index contributed by atoms with van der Waals surface area (Å²) >= 11 is 0. The number of hydrogen-bond donors (Lipinski definition) is 3. The number of nitrogens with one attached hydrogen (secondary N) is 2. The Bertz CT molecular complexity index is 667. The van der Waals surface area contributed by atoms with Crippen LogP contribution < -0.4 is 15.5 Å². The standard InChI is InChI=1S/C15H25N7O/c1-6-7-16-14-19-10-8-17-13(18-9-15(2,3)23)20-11(10)12(21-14)22(4)5/h8,23H,6-7,9H2,1-5H3,(H,16,19,21)(H,17,18,20). The number of anilines is 3. The third-order valence-electron chi connectivity index (χ3n) is 3.06. The molecule has 0 aliphatic heterocycles. The smallest absolute Gasteiger partial charge is 0.225 e. The summed E-state index contributed by atoms with van der Waals surface area (Å²) in [5.41, 5.74) is 0.508. The van der Waals surface area contributed by atoms with Gasteiger partial charge in [-0.2, -0.15) is 4.98 Å². The van der Waals surface area contributed by atoms with E-state index in [-0.39, 0.29) is 0 Å². The summed E-state index contributed by atoms with van der Waals surface area (Å²) < 4.78 is 0. The minimum atomic E-state index is -0.840. The Morgan fingerprint density at radius 2 is 1.87 bits per heavy atom. The lowest BCUT2D eigenvalue weighted by molar-refractivity contribution is 0.0943. The highest BCUT2D eigenvalue weighted by molar-refractivity contribution is 5.86. The minimum absolute atomic E-state index is 0.354. The lowest BCUT2D eigenvalue weighted by atomic mass is 10.1. The Kier molecular flexibility index (Phi) is 5.15. The maximum atomic E-state index is 9.79. The van der Waals surface area contributed by atoms with Crippen molar-refractivity contribution in [2.75, 3.05) is 42.7 Å². The van der Waals surface area contributed by atoms with E-state index in [4.69, 9.17) is 0 Å². The molecule has 0 fully saturated rings. The van der Waals surface area contributed by atoms with Gasteiger partial charge in [-0.15, -0.1) is 0 Å². The largest absolute Gasteiger partial charge is 0.389 e. The SMILES string of the molecule is CCCNc1nc(N(C)C)c2nc(NCC(C)(C)O)ncc2n1. The topological polar surface area (TPSA) is 99.1 Å². The molecule has 2 rings (SSSR count). The Morgan fingerprint density at radius 3 is 2.48 bits per heavy atom. The van der Waals surface area contributed by atoms with Crippen LogP contribution in [0.3, 0.4) is 0 Å². The van der Waals surface area contributed by atoms with E-state index in [2.05, 4.69) is 37.5 Å². The third-order valence-corrected chi connectivity index (χ3v) is 3.06. The monoisotopic (exact) mass is 319 g/mol. The molecule has 0 bridgehead atoms. The second-order valence-corrected chi connectivity index (χ2v) is 6.29. The van der Waals surface area contributed by atoms with E-state index in [1.165, 1.54) is 0 Å². The summed E-state index contributed by atoms with van der Waals surface area (Å²) in [6.45, 7) is 6.70. The van der Waals surface area contributed by atoms with Gasteiger partial charge in [-0.05, 0) is 20.3 Å². The van der Waals surface area contributed by atoms with Gasteiger partial charge in [0.25, 0.3) is 0 Å². The van der Waals surface area contributed by atoms with Gasteiger partial charge in [0, 0.05) is 27.2 Å². The molecule has 0 aromatic carbocycles. The van der Waals surface area contributed by atoms with E-state index in [1.54, 1.807) is 20.0 Å². The van der Waals surface area contributed by atoms with Crippen molar-refractivity contribution in [3.63, 3.8) is 0 Å². The molecular weight excluding hydrogens is 294 g/mol. The zero-order valence-electron chi connectivity index (χ0n) is 14.4. The average molecular weight is 319 g/mol. The molecule has 3 N–H and O–H groups in total. The van der Waals surface area contributed by atoms with E-state index in [9.17, 15) is 5.11 Å². The molecule has 0 atom stereocenters. The van der Waals surface area contributed by atoms with Crippen LogP contribution in [-0.2, 0) is 0 Å². The van der Waals surface area contributed by atoms with Gasteiger partial charge in [0.2, 0.25) is 11.9 Å². The molecule has 2 aromatic heterocycles. The fourth-order valence-corrected chi connectivity index (χ4v) is 1.92. The van der Waals surface area contributed by atoms with Crippen molar-refractivity contribution in [1.29, 1.82) is 0 Å². The predicted octanol–water partition coefficient (Wildman–Crippen LogP) is 1.49. The maximum Gasteiger partial charge on any atom is 0.225 e. The zero-order valence-corrected chi connectivity index (χ0v) is 14.4. The molecule has 0 saturated heterocycles. The molecule has 0 aliphatic carbocycles. The second kappa shape index (κ2) is 6.91. The first-order chi connectivity index (χ1) is 10.8.